The Morgan fingerprint density at radius 3 is 2.29 bits per heavy atom. The molecule has 1 amide bonds. The number of hydrogen-bond acceptors (Lipinski definition) is 5. The summed E-state index contributed by atoms with van der Waals surface area (Å²) in [5.74, 6) is 0.935. The van der Waals surface area contributed by atoms with Crippen molar-refractivity contribution in [1.29, 1.82) is 0 Å². The van der Waals surface area contributed by atoms with Crippen LogP contribution in [0.4, 0.5) is 0 Å². The summed E-state index contributed by atoms with van der Waals surface area (Å²) in [7, 11) is -0.468. The van der Waals surface area contributed by atoms with Gasteiger partial charge in [-0.15, -0.1) is 0 Å². The molecule has 158 valence electrons. The number of methoxy groups -OCH3 is 2. The van der Waals surface area contributed by atoms with Crippen molar-refractivity contribution in [3.63, 3.8) is 0 Å². The van der Waals surface area contributed by atoms with Crippen LogP contribution in [0.2, 0.25) is 0 Å². The summed E-state index contributed by atoms with van der Waals surface area (Å²) in [6, 6.07) is 4.77. The molecule has 0 aromatic heterocycles. The summed E-state index contributed by atoms with van der Waals surface area (Å²) in [5, 5.41) is 2.65. The lowest BCUT2D eigenvalue weighted by molar-refractivity contribution is 0.0955. The summed E-state index contributed by atoms with van der Waals surface area (Å²) in [5.41, 5.74) is 0.481. The maximum Gasteiger partial charge on any atom is 0.251 e. The molecule has 0 saturated heterocycles. The maximum atomic E-state index is 12.4. The number of sulfonamides is 1. The Morgan fingerprint density at radius 2 is 1.75 bits per heavy atom. The third-order valence-corrected chi connectivity index (χ3v) is 6.44. The highest BCUT2D eigenvalue weighted by molar-refractivity contribution is 7.89. The Morgan fingerprint density at radius 1 is 1.14 bits per heavy atom. The van der Waals surface area contributed by atoms with E-state index in [0.717, 1.165) is 19.3 Å². The Balaban J connectivity index is 1.90. The van der Waals surface area contributed by atoms with E-state index in [2.05, 4.69) is 30.8 Å². The smallest absolute Gasteiger partial charge is 0.251 e. The molecule has 0 aliphatic heterocycles. The zero-order valence-electron chi connectivity index (χ0n) is 17.4. The average molecular weight is 413 g/mol. The van der Waals surface area contributed by atoms with Crippen molar-refractivity contribution in [2.75, 3.05) is 26.5 Å². The van der Waals surface area contributed by atoms with Crippen LogP contribution in [0, 0.1) is 11.3 Å². The van der Waals surface area contributed by atoms with E-state index in [-0.39, 0.29) is 29.7 Å². The molecule has 7 nitrogen and oxygen atoms in total. The van der Waals surface area contributed by atoms with Gasteiger partial charge in [-0.2, -0.15) is 0 Å². The number of amides is 1. The van der Waals surface area contributed by atoms with Crippen LogP contribution in [-0.4, -0.2) is 46.9 Å². The SMILES string of the molecule is COc1cc(OC)cc(C(=O)NCCS(=O)(=O)N[C@H]2C[C@H](C)CC(C)(C)C2)c1. The van der Waals surface area contributed by atoms with Crippen LogP contribution in [-0.2, 0) is 10.0 Å². The van der Waals surface area contributed by atoms with Gasteiger partial charge >= 0.3 is 0 Å². The van der Waals surface area contributed by atoms with Crippen molar-refractivity contribution >= 4 is 15.9 Å². The molecule has 1 fully saturated rings. The van der Waals surface area contributed by atoms with Crippen LogP contribution in [0.15, 0.2) is 18.2 Å². The highest BCUT2D eigenvalue weighted by atomic mass is 32.2. The van der Waals surface area contributed by atoms with Gasteiger partial charge in [0.25, 0.3) is 5.91 Å². The molecule has 1 aliphatic rings. The van der Waals surface area contributed by atoms with Gasteiger partial charge in [0.15, 0.2) is 0 Å². The molecule has 0 bridgehead atoms. The predicted octanol–water partition coefficient (Wildman–Crippen LogP) is 2.57. The van der Waals surface area contributed by atoms with Gasteiger partial charge < -0.3 is 14.8 Å². The first-order valence-electron chi connectivity index (χ1n) is 9.55. The van der Waals surface area contributed by atoms with Crippen molar-refractivity contribution < 1.29 is 22.7 Å². The highest BCUT2D eigenvalue weighted by Crippen LogP contribution is 2.38. The topological polar surface area (TPSA) is 93.7 Å². The second kappa shape index (κ2) is 9.13. The minimum atomic E-state index is -3.47. The maximum absolute atomic E-state index is 12.4. The molecule has 28 heavy (non-hydrogen) atoms. The van der Waals surface area contributed by atoms with E-state index in [1.54, 1.807) is 18.2 Å². The Bertz CT molecular complexity index is 770. The Kier molecular flexibility index (Phi) is 7.33. The number of carbonyl (C=O) groups is 1. The number of benzene rings is 1. The molecule has 2 atom stereocenters. The zero-order valence-corrected chi connectivity index (χ0v) is 18.2. The van der Waals surface area contributed by atoms with E-state index >= 15 is 0 Å². The zero-order chi connectivity index (χ0) is 20.9. The summed E-state index contributed by atoms with van der Waals surface area (Å²) in [4.78, 5) is 12.3. The fourth-order valence-corrected chi connectivity index (χ4v) is 5.26. The highest BCUT2D eigenvalue weighted by Gasteiger charge is 2.33. The number of rotatable bonds is 8. The molecular formula is C20H32N2O5S. The molecule has 0 radical (unpaired) electrons. The Labute approximate surface area is 168 Å². The normalized spacial score (nSPS) is 21.8. The van der Waals surface area contributed by atoms with E-state index in [1.165, 1.54) is 14.2 Å². The number of carbonyl (C=O) groups excluding carboxylic acids is 1. The molecule has 2 rings (SSSR count). The monoisotopic (exact) mass is 412 g/mol. The lowest BCUT2D eigenvalue weighted by atomic mass is 9.71. The van der Waals surface area contributed by atoms with Crippen molar-refractivity contribution in [3.8, 4) is 11.5 Å². The van der Waals surface area contributed by atoms with Crippen molar-refractivity contribution in [3.05, 3.63) is 23.8 Å². The molecule has 1 aromatic rings. The fourth-order valence-electron chi connectivity index (χ4n) is 4.09. The summed E-state index contributed by atoms with van der Waals surface area (Å²) < 4.78 is 38.0. The van der Waals surface area contributed by atoms with Gasteiger partial charge in [-0.3, -0.25) is 4.79 Å². The predicted molar refractivity (Wildman–Crippen MR) is 109 cm³/mol. The average Bonchev–Trinajstić information content (AvgIpc) is 2.58. The number of ether oxygens (including phenoxy) is 2. The Hall–Kier alpha value is -1.80. The summed E-state index contributed by atoms with van der Waals surface area (Å²) in [6.07, 6.45) is 2.77. The first kappa shape index (κ1) is 22.5. The molecular weight excluding hydrogens is 380 g/mol. The van der Waals surface area contributed by atoms with E-state index in [1.807, 2.05) is 0 Å². The quantitative estimate of drug-likeness (QED) is 0.684. The first-order chi connectivity index (χ1) is 13.0. The fraction of sp³-hybridized carbons (Fsp3) is 0.650. The molecule has 8 heteroatoms. The molecule has 2 N–H and O–H groups in total. The summed E-state index contributed by atoms with van der Waals surface area (Å²) in [6.45, 7) is 6.53. The van der Waals surface area contributed by atoms with Gasteiger partial charge in [-0.05, 0) is 42.7 Å². The minimum Gasteiger partial charge on any atom is -0.497 e. The molecule has 0 heterocycles. The van der Waals surface area contributed by atoms with Crippen LogP contribution in [0.25, 0.3) is 0 Å². The van der Waals surface area contributed by atoms with Crippen molar-refractivity contribution in [2.45, 2.75) is 46.1 Å². The second-order valence-electron chi connectivity index (χ2n) is 8.40. The van der Waals surface area contributed by atoms with E-state index < -0.39 is 10.0 Å². The van der Waals surface area contributed by atoms with E-state index in [4.69, 9.17) is 9.47 Å². The van der Waals surface area contributed by atoms with Gasteiger partial charge in [0.1, 0.15) is 11.5 Å². The van der Waals surface area contributed by atoms with Gasteiger partial charge in [-0.25, -0.2) is 13.1 Å². The van der Waals surface area contributed by atoms with Crippen LogP contribution < -0.4 is 19.5 Å². The van der Waals surface area contributed by atoms with Gasteiger partial charge in [0.05, 0.1) is 20.0 Å². The molecule has 0 spiro atoms. The van der Waals surface area contributed by atoms with Gasteiger partial charge in [0, 0.05) is 24.2 Å². The van der Waals surface area contributed by atoms with Gasteiger partial charge in [-0.1, -0.05) is 20.8 Å². The molecule has 1 aliphatic carbocycles. The van der Waals surface area contributed by atoms with Crippen LogP contribution >= 0.6 is 0 Å². The van der Waals surface area contributed by atoms with E-state index in [0.29, 0.717) is 23.0 Å². The third kappa shape index (κ3) is 6.67. The van der Waals surface area contributed by atoms with Crippen molar-refractivity contribution in [2.24, 2.45) is 11.3 Å². The van der Waals surface area contributed by atoms with Crippen LogP contribution in [0.1, 0.15) is 50.4 Å². The molecule has 1 aromatic carbocycles. The van der Waals surface area contributed by atoms with Crippen LogP contribution in [0.5, 0.6) is 11.5 Å². The van der Waals surface area contributed by atoms with Gasteiger partial charge in [0.2, 0.25) is 10.0 Å². The minimum absolute atomic E-state index is 0.0271. The third-order valence-electron chi connectivity index (χ3n) is 5.00. The van der Waals surface area contributed by atoms with Crippen molar-refractivity contribution in [1.82, 2.24) is 10.0 Å². The number of hydrogen-bond donors (Lipinski definition) is 2. The standard InChI is InChI=1S/C20H32N2O5S/c1-14-8-16(13-20(2,3)12-14)22-28(24,25)7-6-21-19(23)15-9-17(26-4)11-18(10-15)27-5/h9-11,14,16,22H,6-8,12-13H2,1-5H3,(H,21,23)/t14-,16-/m0/s1. The second-order valence-corrected chi connectivity index (χ2v) is 10.3. The molecule has 1 saturated carbocycles. The first-order valence-corrected chi connectivity index (χ1v) is 11.2. The number of nitrogens with one attached hydrogen (secondary N) is 2. The summed E-state index contributed by atoms with van der Waals surface area (Å²) >= 11 is 0. The lowest BCUT2D eigenvalue weighted by Crippen LogP contribution is -2.45. The van der Waals surface area contributed by atoms with E-state index in [9.17, 15) is 13.2 Å². The van der Waals surface area contributed by atoms with Crippen LogP contribution in [0.3, 0.4) is 0 Å². The largest absolute Gasteiger partial charge is 0.497 e. The lowest BCUT2D eigenvalue weighted by Gasteiger charge is -2.39. The molecule has 0 unspecified atom stereocenters.